The van der Waals surface area contributed by atoms with E-state index >= 15 is 0 Å². The molecular formula is C18H20N6. The van der Waals surface area contributed by atoms with Gasteiger partial charge in [0.1, 0.15) is 6.33 Å². The Bertz CT molecular complexity index is 855. The van der Waals surface area contributed by atoms with Gasteiger partial charge in [0.25, 0.3) is 0 Å². The highest BCUT2D eigenvalue weighted by Crippen LogP contribution is 2.22. The SMILES string of the molecule is Cc1cc(C)c(CN2CCc3nc(-c4cncnc4)ncc3C2)[nH]1. The van der Waals surface area contributed by atoms with Gasteiger partial charge in [-0.25, -0.2) is 19.9 Å². The van der Waals surface area contributed by atoms with E-state index in [4.69, 9.17) is 4.98 Å². The summed E-state index contributed by atoms with van der Waals surface area (Å²) in [6.07, 6.45) is 7.91. The second-order valence-electron chi connectivity index (χ2n) is 6.37. The van der Waals surface area contributed by atoms with E-state index in [2.05, 4.69) is 44.7 Å². The van der Waals surface area contributed by atoms with Crippen molar-refractivity contribution in [2.24, 2.45) is 0 Å². The minimum atomic E-state index is 0.707. The maximum absolute atomic E-state index is 4.72. The lowest BCUT2D eigenvalue weighted by molar-refractivity contribution is 0.240. The summed E-state index contributed by atoms with van der Waals surface area (Å²) in [5.41, 5.74) is 7.06. The lowest BCUT2D eigenvalue weighted by atomic mass is 10.1. The first-order chi connectivity index (χ1) is 11.7. The molecule has 4 rings (SSSR count). The van der Waals surface area contributed by atoms with Crippen molar-refractivity contribution in [2.45, 2.75) is 33.4 Å². The maximum Gasteiger partial charge on any atom is 0.162 e. The molecular weight excluding hydrogens is 300 g/mol. The molecule has 3 aromatic rings. The molecule has 122 valence electrons. The van der Waals surface area contributed by atoms with Gasteiger partial charge in [0, 0.05) is 61.6 Å². The number of aryl methyl sites for hydroxylation is 2. The molecule has 0 amide bonds. The van der Waals surface area contributed by atoms with Gasteiger partial charge in [-0.05, 0) is 25.5 Å². The molecule has 1 N–H and O–H groups in total. The number of nitrogens with one attached hydrogen (secondary N) is 1. The van der Waals surface area contributed by atoms with Crippen LogP contribution in [-0.2, 0) is 19.5 Å². The second-order valence-corrected chi connectivity index (χ2v) is 6.37. The maximum atomic E-state index is 4.72. The van der Waals surface area contributed by atoms with Crippen LogP contribution in [0.1, 0.15) is 28.2 Å². The molecule has 1 aliphatic heterocycles. The first-order valence-corrected chi connectivity index (χ1v) is 8.16. The first kappa shape index (κ1) is 15.0. The van der Waals surface area contributed by atoms with E-state index in [1.807, 2.05) is 6.20 Å². The quantitative estimate of drug-likeness (QED) is 0.802. The Labute approximate surface area is 141 Å². The van der Waals surface area contributed by atoms with Gasteiger partial charge in [-0.1, -0.05) is 0 Å². The minimum Gasteiger partial charge on any atom is -0.361 e. The van der Waals surface area contributed by atoms with Crippen LogP contribution in [0.3, 0.4) is 0 Å². The van der Waals surface area contributed by atoms with Crippen LogP contribution in [0.25, 0.3) is 11.4 Å². The number of hydrogen-bond acceptors (Lipinski definition) is 5. The summed E-state index contributed by atoms with van der Waals surface area (Å²) in [4.78, 5) is 23.2. The standard InChI is InChI=1S/C18H20N6/c1-12-5-13(2)22-17(12)10-24-4-3-16-15(9-24)8-21-18(23-16)14-6-19-11-20-7-14/h5-8,11,22H,3-4,9-10H2,1-2H3. The molecule has 0 saturated heterocycles. The van der Waals surface area contributed by atoms with Gasteiger partial charge in [0.15, 0.2) is 5.82 Å². The molecule has 0 fully saturated rings. The molecule has 24 heavy (non-hydrogen) atoms. The van der Waals surface area contributed by atoms with Crippen molar-refractivity contribution < 1.29 is 0 Å². The van der Waals surface area contributed by atoms with Crippen molar-refractivity contribution in [1.29, 1.82) is 0 Å². The summed E-state index contributed by atoms with van der Waals surface area (Å²) in [6.45, 7) is 7.09. The summed E-state index contributed by atoms with van der Waals surface area (Å²) in [5, 5.41) is 0. The number of fused-ring (bicyclic) bond motifs is 1. The third kappa shape index (κ3) is 2.92. The van der Waals surface area contributed by atoms with Gasteiger partial charge >= 0.3 is 0 Å². The number of nitrogens with zero attached hydrogens (tertiary/aromatic N) is 5. The molecule has 6 nitrogen and oxygen atoms in total. The van der Waals surface area contributed by atoms with Crippen LogP contribution in [0.15, 0.2) is 31.0 Å². The number of rotatable bonds is 3. The molecule has 0 aromatic carbocycles. The first-order valence-electron chi connectivity index (χ1n) is 8.16. The van der Waals surface area contributed by atoms with Crippen LogP contribution in [0, 0.1) is 13.8 Å². The molecule has 0 saturated carbocycles. The van der Waals surface area contributed by atoms with Crippen LogP contribution in [-0.4, -0.2) is 36.4 Å². The van der Waals surface area contributed by atoms with Crippen molar-refractivity contribution in [1.82, 2.24) is 29.8 Å². The highest BCUT2D eigenvalue weighted by molar-refractivity contribution is 5.52. The Hall–Kier alpha value is -2.60. The average Bonchev–Trinajstić information content (AvgIpc) is 2.92. The van der Waals surface area contributed by atoms with Crippen molar-refractivity contribution in [3.8, 4) is 11.4 Å². The molecule has 0 bridgehead atoms. The number of aromatic nitrogens is 5. The van der Waals surface area contributed by atoms with Gasteiger partial charge in [0.05, 0.1) is 11.3 Å². The Morgan fingerprint density at radius 1 is 1.17 bits per heavy atom. The highest BCUT2D eigenvalue weighted by atomic mass is 15.1. The van der Waals surface area contributed by atoms with E-state index in [0.717, 1.165) is 37.3 Å². The van der Waals surface area contributed by atoms with Crippen LogP contribution >= 0.6 is 0 Å². The Morgan fingerprint density at radius 2 is 2.00 bits per heavy atom. The zero-order valence-electron chi connectivity index (χ0n) is 14.0. The van der Waals surface area contributed by atoms with Gasteiger partial charge < -0.3 is 4.98 Å². The molecule has 0 aliphatic carbocycles. The lowest BCUT2D eigenvalue weighted by Gasteiger charge is -2.27. The minimum absolute atomic E-state index is 0.707. The van der Waals surface area contributed by atoms with Crippen LogP contribution in [0.2, 0.25) is 0 Å². The number of hydrogen-bond donors (Lipinski definition) is 1. The predicted molar refractivity (Wildman–Crippen MR) is 91.1 cm³/mol. The highest BCUT2D eigenvalue weighted by Gasteiger charge is 2.20. The molecule has 3 aromatic heterocycles. The van der Waals surface area contributed by atoms with Crippen LogP contribution < -0.4 is 0 Å². The van der Waals surface area contributed by atoms with Crippen LogP contribution in [0.4, 0.5) is 0 Å². The van der Waals surface area contributed by atoms with Crippen molar-refractivity contribution in [2.75, 3.05) is 6.54 Å². The monoisotopic (exact) mass is 320 g/mol. The van der Waals surface area contributed by atoms with Crippen LogP contribution in [0.5, 0.6) is 0 Å². The smallest absolute Gasteiger partial charge is 0.162 e. The van der Waals surface area contributed by atoms with Gasteiger partial charge in [-0.15, -0.1) is 0 Å². The van der Waals surface area contributed by atoms with E-state index in [0.29, 0.717) is 5.82 Å². The van der Waals surface area contributed by atoms with E-state index in [1.165, 1.54) is 28.8 Å². The third-order valence-corrected chi connectivity index (χ3v) is 4.47. The number of aromatic amines is 1. The molecule has 6 heteroatoms. The lowest BCUT2D eigenvalue weighted by Crippen LogP contribution is -2.31. The zero-order chi connectivity index (χ0) is 16.5. The largest absolute Gasteiger partial charge is 0.361 e. The Kier molecular flexibility index (Phi) is 3.82. The van der Waals surface area contributed by atoms with E-state index < -0.39 is 0 Å². The second kappa shape index (κ2) is 6.13. The Morgan fingerprint density at radius 3 is 2.75 bits per heavy atom. The number of H-pyrrole nitrogens is 1. The van der Waals surface area contributed by atoms with Crippen molar-refractivity contribution in [3.63, 3.8) is 0 Å². The summed E-state index contributed by atoms with van der Waals surface area (Å²) in [6, 6.07) is 2.20. The fraction of sp³-hybridized carbons (Fsp3) is 0.333. The molecule has 4 heterocycles. The third-order valence-electron chi connectivity index (χ3n) is 4.47. The fourth-order valence-corrected chi connectivity index (χ4v) is 3.24. The van der Waals surface area contributed by atoms with E-state index in [9.17, 15) is 0 Å². The Balaban J connectivity index is 1.53. The molecule has 0 spiro atoms. The molecule has 0 unspecified atom stereocenters. The normalized spacial score (nSPS) is 14.6. The topological polar surface area (TPSA) is 70.6 Å². The molecule has 0 radical (unpaired) electrons. The summed E-state index contributed by atoms with van der Waals surface area (Å²) >= 11 is 0. The van der Waals surface area contributed by atoms with Crippen molar-refractivity contribution >= 4 is 0 Å². The predicted octanol–water partition coefficient (Wildman–Crippen LogP) is 2.44. The summed E-state index contributed by atoms with van der Waals surface area (Å²) in [7, 11) is 0. The summed E-state index contributed by atoms with van der Waals surface area (Å²) < 4.78 is 0. The molecule has 0 atom stereocenters. The van der Waals surface area contributed by atoms with E-state index in [1.54, 1.807) is 12.4 Å². The molecule has 1 aliphatic rings. The van der Waals surface area contributed by atoms with Gasteiger partial charge in [-0.3, -0.25) is 4.90 Å². The fourth-order valence-electron chi connectivity index (χ4n) is 3.24. The zero-order valence-corrected chi connectivity index (χ0v) is 14.0. The van der Waals surface area contributed by atoms with Gasteiger partial charge in [-0.2, -0.15) is 0 Å². The van der Waals surface area contributed by atoms with Crippen molar-refractivity contribution in [3.05, 3.63) is 59.2 Å². The van der Waals surface area contributed by atoms with Gasteiger partial charge in [0.2, 0.25) is 0 Å². The average molecular weight is 320 g/mol. The summed E-state index contributed by atoms with van der Waals surface area (Å²) in [5.74, 6) is 0.707. The van der Waals surface area contributed by atoms with E-state index in [-0.39, 0.29) is 0 Å².